The molecule has 1 amide bonds. The molecule has 1 aromatic carbocycles. The third-order valence-corrected chi connectivity index (χ3v) is 5.04. The molecule has 2 fully saturated rings. The topological polar surface area (TPSA) is 29.5 Å². The first-order valence-corrected chi connectivity index (χ1v) is 8.21. The van der Waals surface area contributed by atoms with E-state index in [1.54, 1.807) is 18.2 Å². The number of amides is 1. The van der Waals surface area contributed by atoms with Gasteiger partial charge in [-0.05, 0) is 50.7 Å². The summed E-state index contributed by atoms with van der Waals surface area (Å²) in [4.78, 5) is 14.5. The highest BCUT2D eigenvalue weighted by Crippen LogP contribution is 2.40. The average molecular weight is 328 g/mol. The van der Waals surface area contributed by atoms with Gasteiger partial charge in [0.2, 0.25) is 0 Å². The molecule has 0 aliphatic heterocycles. The Kier molecular flexibility index (Phi) is 4.32. The van der Waals surface area contributed by atoms with Crippen molar-refractivity contribution in [1.82, 2.24) is 4.90 Å². The third kappa shape index (κ3) is 3.46. The lowest BCUT2D eigenvalue weighted by molar-refractivity contribution is -0.136. The lowest BCUT2D eigenvalue weighted by Gasteiger charge is -2.29. The molecule has 0 heterocycles. The average Bonchev–Trinajstić information content (AvgIpc) is 3.32. The minimum absolute atomic E-state index is 0.0215. The summed E-state index contributed by atoms with van der Waals surface area (Å²) in [6.45, 7) is 2.17. The first-order valence-electron chi connectivity index (χ1n) is 7.46. The summed E-state index contributed by atoms with van der Waals surface area (Å²) >= 11 is 12.0. The fraction of sp³-hybridized carbons (Fsp3) is 0.562. The predicted octanol–water partition coefficient (Wildman–Crippen LogP) is 4.16. The molecule has 21 heavy (non-hydrogen) atoms. The van der Waals surface area contributed by atoms with Crippen LogP contribution in [0.15, 0.2) is 18.2 Å². The van der Waals surface area contributed by atoms with Gasteiger partial charge >= 0.3 is 0 Å². The summed E-state index contributed by atoms with van der Waals surface area (Å²) in [5.74, 6) is 1.18. The van der Waals surface area contributed by atoms with Crippen LogP contribution in [0.1, 0.15) is 32.6 Å². The van der Waals surface area contributed by atoms with E-state index in [1.807, 2.05) is 4.90 Å². The molecule has 0 radical (unpaired) electrons. The van der Waals surface area contributed by atoms with Crippen molar-refractivity contribution >= 4 is 29.1 Å². The van der Waals surface area contributed by atoms with Gasteiger partial charge < -0.3 is 9.64 Å². The maximum Gasteiger partial charge on any atom is 0.261 e. The lowest BCUT2D eigenvalue weighted by atomic mass is 10.1. The van der Waals surface area contributed by atoms with Crippen LogP contribution in [0.2, 0.25) is 10.0 Å². The number of nitrogens with zero attached hydrogens (tertiary/aromatic N) is 1. The van der Waals surface area contributed by atoms with E-state index in [0.717, 1.165) is 12.8 Å². The van der Waals surface area contributed by atoms with Crippen molar-refractivity contribution in [3.8, 4) is 5.75 Å². The Hall–Kier alpha value is -0.930. The Bertz CT molecular complexity index is 541. The van der Waals surface area contributed by atoms with Gasteiger partial charge in [-0.1, -0.05) is 29.3 Å². The first-order chi connectivity index (χ1) is 10.1. The molecule has 1 atom stereocenters. The molecule has 3 nitrogen and oxygen atoms in total. The Balaban J connectivity index is 1.63. The van der Waals surface area contributed by atoms with E-state index in [9.17, 15) is 4.79 Å². The highest BCUT2D eigenvalue weighted by Gasteiger charge is 2.41. The van der Waals surface area contributed by atoms with Crippen molar-refractivity contribution in [2.24, 2.45) is 5.92 Å². The van der Waals surface area contributed by atoms with Crippen molar-refractivity contribution in [1.29, 1.82) is 0 Å². The molecule has 5 heteroatoms. The first kappa shape index (κ1) is 15.0. The largest absolute Gasteiger partial charge is 0.482 e. The van der Waals surface area contributed by atoms with Crippen LogP contribution >= 0.6 is 23.2 Å². The molecule has 1 unspecified atom stereocenters. The third-order valence-electron chi connectivity index (χ3n) is 4.24. The molecule has 0 N–H and O–H groups in total. The number of carbonyl (C=O) groups excluding carboxylic acids is 1. The Morgan fingerprint density at radius 3 is 2.67 bits per heavy atom. The molecular formula is C16H19Cl2NO2. The van der Waals surface area contributed by atoms with E-state index in [1.165, 1.54) is 12.8 Å². The molecule has 1 aromatic rings. The maximum absolute atomic E-state index is 12.5. The zero-order valence-corrected chi connectivity index (χ0v) is 13.5. The van der Waals surface area contributed by atoms with Gasteiger partial charge in [0.25, 0.3) is 5.91 Å². The van der Waals surface area contributed by atoms with Crippen molar-refractivity contribution in [2.75, 3.05) is 6.61 Å². The standard InChI is InChI=1S/C16H19Cl2NO2/c1-10(11-5-6-11)19(12-7-8-12)15(20)9-21-14-4-2-3-13(17)16(14)18/h2-4,10-12H,5-9H2,1H3. The number of hydrogen-bond acceptors (Lipinski definition) is 2. The molecule has 0 saturated heterocycles. The van der Waals surface area contributed by atoms with Crippen LogP contribution in [0.25, 0.3) is 0 Å². The van der Waals surface area contributed by atoms with Gasteiger partial charge in [-0.3, -0.25) is 4.79 Å². The Labute approximate surface area is 135 Å². The molecule has 0 bridgehead atoms. The number of ether oxygens (including phenoxy) is 1. The Morgan fingerprint density at radius 1 is 1.33 bits per heavy atom. The smallest absolute Gasteiger partial charge is 0.261 e. The van der Waals surface area contributed by atoms with Gasteiger partial charge in [0.15, 0.2) is 6.61 Å². The monoisotopic (exact) mass is 327 g/mol. The van der Waals surface area contributed by atoms with Crippen LogP contribution in [0.5, 0.6) is 5.75 Å². The molecule has 2 aliphatic rings. The lowest BCUT2D eigenvalue weighted by Crippen LogP contribution is -2.44. The highest BCUT2D eigenvalue weighted by molar-refractivity contribution is 6.42. The second-order valence-electron chi connectivity index (χ2n) is 5.95. The zero-order chi connectivity index (χ0) is 15.0. The summed E-state index contributed by atoms with van der Waals surface area (Å²) in [5, 5.41) is 0.798. The number of carbonyl (C=O) groups is 1. The van der Waals surface area contributed by atoms with Crippen LogP contribution in [-0.4, -0.2) is 29.5 Å². The van der Waals surface area contributed by atoms with Gasteiger partial charge in [0.05, 0.1) is 5.02 Å². The van der Waals surface area contributed by atoms with Crippen molar-refractivity contribution in [2.45, 2.75) is 44.7 Å². The Morgan fingerprint density at radius 2 is 2.05 bits per heavy atom. The molecule has 2 saturated carbocycles. The van der Waals surface area contributed by atoms with Crippen molar-refractivity contribution < 1.29 is 9.53 Å². The van der Waals surface area contributed by atoms with Crippen LogP contribution < -0.4 is 4.74 Å². The van der Waals surface area contributed by atoms with Crippen molar-refractivity contribution in [3.05, 3.63) is 28.2 Å². The summed E-state index contributed by atoms with van der Waals surface area (Å²) < 4.78 is 5.58. The summed E-state index contributed by atoms with van der Waals surface area (Å²) in [6, 6.07) is 5.92. The molecule has 3 rings (SSSR count). The predicted molar refractivity (Wildman–Crippen MR) is 84.0 cm³/mol. The van der Waals surface area contributed by atoms with E-state index in [0.29, 0.717) is 33.8 Å². The minimum Gasteiger partial charge on any atom is -0.482 e. The van der Waals surface area contributed by atoms with Crippen LogP contribution in [0.4, 0.5) is 0 Å². The molecular weight excluding hydrogens is 309 g/mol. The zero-order valence-electron chi connectivity index (χ0n) is 12.0. The second-order valence-corrected chi connectivity index (χ2v) is 6.74. The van der Waals surface area contributed by atoms with Gasteiger partial charge in [0, 0.05) is 12.1 Å². The number of halogens is 2. The molecule has 0 aromatic heterocycles. The van der Waals surface area contributed by atoms with Crippen LogP contribution in [0, 0.1) is 5.92 Å². The number of rotatable bonds is 6. The van der Waals surface area contributed by atoms with Gasteiger partial charge in [-0.2, -0.15) is 0 Å². The molecule has 0 spiro atoms. The van der Waals surface area contributed by atoms with Gasteiger partial charge in [0.1, 0.15) is 10.8 Å². The fourth-order valence-corrected chi connectivity index (χ4v) is 3.08. The van der Waals surface area contributed by atoms with E-state index in [4.69, 9.17) is 27.9 Å². The summed E-state index contributed by atoms with van der Waals surface area (Å²) in [5.41, 5.74) is 0. The normalized spacial score (nSPS) is 19.2. The summed E-state index contributed by atoms with van der Waals surface area (Å²) in [7, 11) is 0. The molecule has 2 aliphatic carbocycles. The second kappa shape index (κ2) is 6.05. The highest BCUT2D eigenvalue weighted by atomic mass is 35.5. The quantitative estimate of drug-likeness (QED) is 0.785. The van der Waals surface area contributed by atoms with E-state index >= 15 is 0 Å². The van der Waals surface area contributed by atoms with E-state index < -0.39 is 0 Å². The maximum atomic E-state index is 12.5. The number of hydrogen-bond donors (Lipinski definition) is 0. The van der Waals surface area contributed by atoms with Crippen molar-refractivity contribution in [3.63, 3.8) is 0 Å². The summed E-state index contributed by atoms with van der Waals surface area (Å²) in [6.07, 6.45) is 4.69. The van der Waals surface area contributed by atoms with Gasteiger partial charge in [-0.15, -0.1) is 0 Å². The van der Waals surface area contributed by atoms with E-state index in [2.05, 4.69) is 6.92 Å². The van der Waals surface area contributed by atoms with E-state index in [-0.39, 0.29) is 12.5 Å². The van der Waals surface area contributed by atoms with Crippen LogP contribution in [-0.2, 0) is 4.79 Å². The fourth-order valence-electron chi connectivity index (χ4n) is 2.73. The van der Waals surface area contributed by atoms with Gasteiger partial charge in [-0.25, -0.2) is 0 Å². The number of benzene rings is 1. The molecule has 114 valence electrons. The van der Waals surface area contributed by atoms with Crippen LogP contribution in [0.3, 0.4) is 0 Å². The minimum atomic E-state index is 0.0215. The SMILES string of the molecule is CC(C1CC1)N(C(=O)COc1cccc(Cl)c1Cl)C1CC1.